The molecule has 1 fully saturated rings. The van der Waals surface area contributed by atoms with Gasteiger partial charge in [-0.3, -0.25) is 0 Å². The maximum atomic E-state index is 9.20. The van der Waals surface area contributed by atoms with Crippen LogP contribution in [0.4, 0.5) is 0 Å². The number of nitrogens with two attached hydrogens (primary N) is 2. The third-order valence-corrected chi connectivity index (χ3v) is 2.49. The van der Waals surface area contributed by atoms with Crippen LogP contribution in [0.25, 0.3) is 0 Å². The Morgan fingerprint density at radius 2 is 1.33 bits per heavy atom. The predicted molar refractivity (Wildman–Crippen MR) is 48.4 cm³/mol. The van der Waals surface area contributed by atoms with Crippen LogP contribution < -0.4 is 11.5 Å². The molecule has 1 saturated carbocycles. The van der Waals surface area contributed by atoms with E-state index < -0.39 is 25.6 Å². The summed E-state index contributed by atoms with van der Waals surface area (Å²) in [5.41, 5.74) is 11.3. The molecule has 1 aliphatic rings. The number of nitrogens with zero attached hydrogens (tertiary/aromatic N) is 2. The zero-order chi connectivity index (χ0) is 11.8. The fourth-order valence-corrected chi connectivity index (χ4v) is 1.44. The van der Waals surface area contributed by atoms with E-state index in [2.05, 4.69) is 0 Å². The number of rotatable bonds is 2. The van der Waals surface area contributed by atoms with Crippen LogP contribution >= 0.6 is 0 Å². The summed E-state index contributed by atoms with van der Waals surface area (Å²) in [6, 6.07) is 0.562. The van der Waals surface area contributed by atoms with E-state index in [-0.39, 0.29) is 12.1 Å². The summed E-state index contributed by atoms with van der Waals surface area (Å²) in [6.07, 6.45) is 4.80. The van der Waals surface area contributed by atoms with E-state index >= 15 is 0 Å². The minimum absolute atomic E-state index is 0.281. The Labute approximate surface area is 95.4 Å². The molecule has 8 nitrogen and oxygen atoms in total. The Hall–Kier alpha value is -0.618. The van der Waals surface area contributed by atoms with E-state index in [1.54, 1.807) is 0 Å². The van der Waals surface area contributed by atoms with Gasteiger partial charge < -0.3 is 11.5 Å². The normalized spacial score (nSPS) is 25.2. The summed E-state index contributed by atoms with van der Waals surface area (Å²) < 4.78 is -1.90. The Morgan fingerprint density at radius 1 is 1.00 bits per heavy atom. The van der Waals surface area contributed by atoms with Crippen LogP contribution in [-0.4, -0.2) is 19.2 Å². The molecule has 0 bridgehead atoms. The zero-order valence-corrected chi connectivity index (χ0v) is 9.54. The van der Waals surface area contributed by atoms with Gasteiger partial charge in [0.1, 0.15) is 0 Å². The molecule has 92 valence electrons. The van der Waals surface area contributed by atoms with Gasteiger partial charge in [-0.1, -0.05) is 12.8 Å². The summed E-state index contributed by atoms with van der Waals surface area (Å²) >= 11 is -1.58. The predicted octanol–water partition coefficient (Wildman–Crippen LogP) is -0.333. The second kappa shape index (κ2) is 7.65. The summed E-state index contributed by atoms with van der Waals surface area (Å²) in [5, 5.41) is 18.4. The van der Waals surface area contributed by atoms with Crippen molar-refractivity contribution in [2.45, 2.75) is 37.8 Å². The van der Waals surface area contributed by atoms with E-state index in [4.69, 9.17) is 11.5 Å². The number of nitro groups is 2. The first-order valence-electron chi connectivity index (χ1n) is 4.33. The summed E-state index contributed by atoms with van der Waals surface area (Å²) in [4.78, 5) is 18.4. The summed E-state index contributed by atoms with van der Waals surface area (Å²) in [6.45, 7) is 0. The molecule has 0 saturated heterocycles. The first-order valence-corrected chi connectivity index (χ1v) is 5.72. The molecule has 0 aromatic rings. The number of hydrogen-bond acceptors (Lipinski definition) is 6. The topological polar surface area (TPSA) is 138 Å². The quantitative estimate of drug-likeness (QED) is 0.406. The fourth-order valence-electron chi connectivity index (χ4n) is 1.23. The molecule has 2 atom stereocenters. The van der Waals surface area contributed by atoms with E-state index in [1.807, 2.05) is 0 Å². The van der Waals surface area contributed by atoms with E-state index in [0.29, 0.717) is 0 Å². The van der Waals surface area contributed by atoms with Crippen molar-refractivity contribution >= 4 is 0 Å². The van der Waals surface area contributed by atoms with Crippen molar-refractivity contribution in [1.82, 2.24) is 0 Å². The van der Waals surface area contributed by atoms with Gasteiger partial charge in [-0.05, 0) is 12.8 Å². The molecule has 1 rings (SSSR count). The second-order valence-corrected chi connectivity index (χ2v) is 4.50. The molecule has 0 aliphatic heterocycles. The average Bonchev–Trinajstić information content (AvgIpc) is 2.08. The van der Waals surface area contributed by atoms with Crippen molar-refractivity contribution in [2.75, 3.05) is 0 Å². The van der Waals surface area contributed by atoms with Crippen LogP contribution in [0.1, 0.15) is 25.7 Å². The second-order valence-electron chi connectivity index (χ2n) is 3.06. The van der Waals surface area contributed by atoms with Crippen molar-refractivity contribution < 1.29 is 25.6 Å². The zero-order valence-electron chi connectivity index (χ0n) is 7.98. The summed E-state index contributed by atoms with van der Waals surface area (Å²) in [5.74, 6) is 0. The Morgan fingerprint density at radius 3 is 1.47 bits per heavy atom. The number of hydrogen-bond donors (Lipinski definition) is 2. The summed E-state index contributed by atoms with van der Waals surface area (Å²) in [7, 11) is 0. The van der Waals surface area contributed by atoms with Crippen LogP contribution in [0.5, 0.6) is 0 Å². The third kappa shape index (κ3) is 8.38. The monoisotopic (exact) mass is 312 g/mol. The van der Waals surface area contributed by atoms with Crippen LogP contribution in [0.2, 0.25) is 0 Å². The molecular weight excluding hydrogens is 299 g/mol. The van der Waals surface area contributed by atoms with Gasteiger partial charge >= 0.3 is 45.8 Å². The van der Waals surface area contributed by atoms with Gasteiger partial charge in [0.15, 0.2) is 0 Å². The van der Waals surface area contributed by atoms with E-state index in [0.717, 1.165) is 12.8 Å². The fraction of sp³-hybridized carbons (Fsp3) is 1.00. The molecule has 2 unspecified atom stereocenters. The van der Waals surface area contributed by atoms with Gasteiger partial charge in [-0.15, -0.1) is 0 Å². The van der Waals surface area contributed by atoms with Crippen molar-refractivity contribution in [3.8, 4) is 0 Å². The van der Waals surface area contributed by atoms with Gasteiger partial charge in [0, 0.05) is 12.1 Å². The SMILES string of the molecule is NC1CCCCC1N.O=[N+]([O-])[Pd][N+](=O)[O-]. The van der Waals surface area contributed by atoms with Crippen molar-refractivity contribution in [1.29, 1.82) is 0 Å². The molecule has 0 radical (unpaired) electrons. The van der Waals surface area contributed by atoms with Crippen LogP contribution in [0, 0.1) is 20.2 Å². The first-order chi connectivity index (χ1) is 6.93. The molecule has 0 aromatic carbocycles. The van der Waals surface area contributed by atoms with Crippen LogP contribution in [0.15, 0.2) is 0 Å². The molecule has 0 heterocycles. The van der Waals surface area contributed by atoms with Crippen LogP contribution in [0.3, 0.4) is 0 Å². The molecule has 4 N–H and O–H groups in total. The van der Waals surface area contributed by atoms with Crippen molar-refractivity contribution in [3.05, 3.63) is 20.2 Å². The maximum absolute atomic E-state index is 9.20. The molecule has 9 heteroatoms. The molecule has 0 amide bonds. The van der Waals surface area contributed by atoms with Crippen molar-refractivity contribution in [3.63, 3.8) is 0 Å². The van der Waals surface area contributed by atoms with Gasteiger partial charge in [-0.2, -0.15) is 0 Å². The van der Waals surface area contributed by atoms with Crippen LogP contribution in [-0.2, 0) is 18.5 Å². The van der Waals surface area contributed by atoms with E-state index in [1.165, 1.54) is 12.8 Å². The third-order valence-electron chi connectivity index (χ3n) is 1.98. The molecule has 15 heavy (non-hydrogen) atoms. The minimum atomic E-state index is -1.58. The average molecular weight is 313 g/mol. The van der Waals surface area contributed by atoms with Gasteiger partial charge in [0.25, 0.3) is 0 Å². The van der Waals surface area contributed by atoms with Crippen molar-refractivity contribution in [2.24, 2.45) is 11.5 Å². The molecule has 0 aromatic heterocycles. The standard InChI is InChI=1S/C6H14N2.2NO2.Pd/c7-5-3-1-2-4-6(5)8;2*2-1-3;/h5-6H,1-4,7-8H2;;;. The van der Waals surface area contributed by atoms with Gasteiger partial charge in [0.2, 0.25) is 0 Å². The molecular formula is C6H14N4O4Pd. The molecule has 0 spiro atoms. The Kier molecular flexibility index (Phi) is 7.33. The van der Waals surface area contributed by atoms with Gasteiger partial charge in [-0.25, -0.2) is 0 Å². The van der Waals surface area contributed by atoms with E-state index in [9.17, 15) is 20.2 Å². The van der Waals surface area contributed by atoms with Gasteiger partial charge in [0.05, 0.1) is 0 Å². The Bertz CT molecular complexity index is 205. The Balaban J connectivity index is 0.000000265. The first kappa shape index (κ1) is 14.4. The molecule has 1 aliphatic carbocycles.